The lowest BCUT2D eigenvalue weighted by molar-refractivity contribution is 0.362. The van der Waals surface area contributed by atoms with Gasteiger partial charge < -0.3 is 10.3 Å². The van der Waals surface area contributed by atoms with Crippen LogP contribution in [0.5, 0.6) is 0 Å². The number of hydrogen-bond donors (Lipinski definition) is 1. The maximum atomic E-state index is 5.89. The Bertz CT molecular complexity index is 511. The lowest BCUT2D eigenvalue weighted by atomic mass is 10.2. The minimum absolute atomic E-state index is 0.288. The summed E-state index contributed by atoms with van der Waals surface area (Å²) in [6.45, 7) is 1.77. The van der Waals surface area contributed by atoms with Crippen LogP contribution < -0.4 is 5.73 Å². The van der Waals surface area contributed by atoms with Crippen LogP contribution in [0.2, 0.25) is 10.0 Å². The molecular weight excluding hydrogens is 249 g/mol. The zero-order valence-corrected chi connectivity index (χ0v) is 9.96. The van der Waals surface area contributed by atoms with Gasteiger partial charge in [0.2, 0.25) is 11.7 Å². The summed E-state index contributed by atoms with van der Waals surface area (Å²) in [5.74, 6) is 0.840. The van der Waals surface area contributed by atoms with Crippen LogP contribution in [0.15, 0.2) is 22.7 Å². The predicted molar refractivity (Wildman–Crippen MR) is 62.4 cm³/mol. The van der Waals surface area contributed by atoms with Gasteiger partial charge in [-0.15, -0.1) is 0 Å². The number of rotatable bonds is 2. The van der Waals surface area contributed by atoms with E-state index in [1.165, 1.54) is 0 Å². The average Bonchev–Trinajstić information content (AvgIpc) is 2.71. The zero-order chi connectivity index (χ0) is 11.7. The number of nitrogens with two attached hydrogens (primary N) is 1. The quantitative estimate of drug-likeness (QED) is 0.898. The second kappa shape index (κ2) is 4.41. The normalized spacial score (nSPS) is 12.8. The Labute approximate surface area is 102 Å². The molecule has 2 aromatic rings. The molecule has 1 aromatic heterocycles. The molecule has 0 fully saturated rings. The van der Waals surface area contributed by atoms with E-state index < -0.39 is 0 Å². The summed E-state index contributed by atoms with van der Waals surface area (Å²) in [6.07, 6.45) is 0. The van der Waals surface area contributed by atoms with Gasteiger partial charge in [-0.2, -0.15) is 4.98 Å². The number of benzene rings is 1. The monoisotopic (exact) mass is 257 g/mol. The third-order valence-corrected chi connectivity index (χ3v) is 2.75. The Balaban J connectivity index is 2.39. The minimum Gasteiger partial charge on any atom is -0.337 e. The molecule has 0 spiro atoms. The van der Waals surface area contributed by atoms with E-state index in [4.69, 9.17) is 33.5 Å². The largest absolute Gasteiger partial charge is 0.337 e. The van der Waals surface area contributed by atoms with E-state index in [0.717, 1.165) is 5.56 Å². The van der Waals surface area contributed by atoms with Gasteiger partial charge in [0, 0.05) is 5.56 Å². The SMILES string of the molecule is CC(N)c1nc(-c2ccc(Cl)c(Cl)c2)no1. The summed E-state index contributed by atoms with van der Waals surface area (Å²) in [4.78, 5) is 4.15. The van der Waals surface area contributed by atoms with Gasteiger partial charge in [0.15, 0.2) is 0 Å². The first kappa shape index (κ1) is 11.4. The predicted octanol–water partition coefficient (Wildman–Crippen LogP) is 3.06. The number of aromatic nitrogens is 2. The molecule has 4 nitrogen and oxygen atoms in total. The lowest BCUT2D eigenvalue weighted by Crippen LogP contribution is -2.04. The molecule has 2 rings (SSSR count). The molecule has 0 aliphatic heterocycles. The number of hydrogen-bond acceptors (Lipinski definition) is 4. The van der Waals surface area contributed by atoms with Crippen LogP contribution in [0.4, 0.5) is 0 Å². The van der Waals surface area contributed by atoms with Gasteiger partial charge >= 0.3 is 0 Å². The standard InChI is InChI=1S/C10H9Cl2N3O/c1-5(13)10-14-9(15-16-10)6-2-3-7(11)8(12)4-6/h2-5H,13H2,1H3. The van der Waals surface area contributed by atoms with Crippen molar-refractivity contribution in [1.82, 2.24) is 10.1 Å². The summed E-state index contributed by atoms with van der Waals surface area (Å²) in [5.41, 5.74) is 6.36. The van der Waals surface area contributed by atoms with Crippen LogP contribution in [0.25, 0.3) is 11.4 Å². The van der Waals surface area contributed by atoms with Crippen molar-refractivity contribution < 1.29 is 4.52 Å². The van der Waals surface area contributed by atoms with Gasteiger partial charge in [-0.3, -0.25) is 0 Å². The van der Waals surface area contributed by atoms with Crippen LogP contribution in [0.1, 0.15) is 18.9 Å². The summed E-state index contributed by atoms with van der Waals surface area (Å²) in [6, 6.07) is 4.84. The summed E-state index contributed by atoms with van der Waals surface area (Å²) in [5, 5.41) is 4.75. The molecule has 0 saturated carbocycles. The van der Waals surface area contributed by atoms with Gasteiger partial charge in [0.1, 0.15) is 0 Å². The van der Waals surface area contributed by atoms with Crippen LogP contribution >= 0.6 is 23.2 Å². The molecule has 84 valence electrons. The third-order valence-electron chi connectivity index (χ3n) is 2.01. The Kier molecular flexibility index (Phi) is 3.14. The van der Waals surface area contributed by atoms with E-state index in [9.17, 15) is 0 Å². The first-order valence-corrected chi connectivity index (χ1v) is 5.38. The fourth-order valence-corrected chi connectivity index (χ4v) is 1.47. The molecule has 0 saturated heterocycles. The third kappa shape index (κ3) is 2.19. The molecule has 0 amide bonds. The number of nitrogens with zero attached hydrogens (tertiary/aromatic N) is 2. The Morgan fingerprint density at radius 2 is 2.06 bits per heavy atom. The highest BCUT2D eigenvalue weighted by molar-refractivity contribution is 6.42. The fraction of sp³-hybridized carbons (Fsp3) is 0.200. The van der Waals surface area contributed by atoms with E-state index in [2.05, 4.69) is 10.1 Å². The van der Waals surface area contributed by atoms with Crippen molar-refractivity contribution in [2.75, 3.05) is 0 Å². The van der Waals surface area contributed by atoms with E-state index >= 15 is 0 Å². The molecule has 16 heavy (non-hydrogen) atoms. The Morgan fingerprint density at radius 1 is 1.31 bits per heavy atom. The molecule has 2 N–H and O–H groups in total. The van der Waals surface area contributed by atoms with E-state index in [1.54, 1.807) is 25.1 Å². The Hall–Kier alpha value is -1.10. The molecule has 1 unspecified atom stereocenters. The minimum atomic E-state index is -0.288. The molecular formula is C10H9Cl2N3O. The second-order valence-electron chi connectivity index (χ2n) is 3.37. The molecule has 1 atom stereocenters. The average molecular weight is 258 g/mol. The fourth-order valence-electron chi connectivity index (χ4n) is 1.17. The van der Waals surface area contributed by atoms with E-state index in [1.807, 2.05) is 0 Å². The van der Waals surface area contributed by atoms with Crippen LogP contribution in [-0.4, -0.2) is 10.1 Å². The summed E-state index contributed by atoms with van der Waals surface area (Å²) < 4.78 is 4.99. The van der Waals surface area contributed by atoms with E-state index in [-0.39, 0.29) is 6.04 Å². The molecule has 1 heterocycles. The smallest absolute Gasteiger partial charge is 0.243 e. The van der Waals surface area contributed by atoms with Crippen molar-refractivity contribution in [3.8, 4) is 11.4 Å². The maximum Gasteiger partial charge on any atom is 0.243 e. The molecule has 0 radical (unpaired) electrons. The Morgan fingerprint density at radius 3 is 2.62 bits per heavy atom. The molecule has 0 aliphatic rings. The maximum absolute atomic E-state index is 5.89. The first-order chi connectivity index (χ1) is 7.58. The number of halogens is 2. The summed E-state index contributed by atoms with van der Waals surface area (Å²) >= 11 is 11.7. The lowest BCUT2D eigenvalue weighted by Gasteiger charge is -1.97. The van der Waals surface area contributed by atoms with Crippen molar-refractivity contribution in [1.29, 1.82) is 0 Å². The van der Waals surface area contributed by atoms with Crippen LogP contribution in [-0.2, 0) is 0 Å². The second-order valence-corrected chi connectivity index (χ2v) is 4.19. The van der Waals surface area contributed by atoms with Gasteiger partial charge in [-0.1, -0.05) is 28.4 Å². The van der Waals surface area contributed by atoms with Gasteiger partial charge in [0.05, 0.1) is 16.1 Å². The first-order valence-electron chi connectivity index (χ1n) is 4.62. The van der Waals surface area contributed by atoms with Gasteiger partial charge in [-0.25, -0.2) is 0 Å². The van der Waals surface area contributed by atoms with Crippen molar-refractivity contribution in [2.45, 2.75) is 13.0 Å². The van der Waals surface area contributed by atoms with Crippen molar-refractivity contribution >= 4 is 23.2 Å². The highest BCUT2D eigenvalue weighted by Gasteiger charge is 2.12. The van der Waals surface area contributed by atoms with Gasteiger partial charge in [-0.05, 0) is 25.1 Å². The van der Waals surface area contributed by atoms with Crippen LogP contribution in [0, 0.1) is 0 Å². The van der Waals surface area contributed by atoms with E-state index in [0.29, 0.717) is 21.8 Å². The van der Waals surface area contributed by atoms with Gasteiger partial charge in [0.25, 0.3) is 0 Å². The van der Waals surface area contributed by atoms with Crippen molar-refractivity contribution in [2.24, 2.45) is 5.73 Å². The zero-order valence-electron chi connectivity index (χ0n) is 8.45. The molecule has 1 aromatic carbocycles. The summed E-state index contributed by atoms with van der Waals surface area (Å²) in [7, 11) is 0. The van der Waals surface area contributed by atoms with Crippen molar-refractivity contribution in [3.05, 3.63) is 34.1 Å². The van der Waals surface area contributed by atoms with Crippen LogP contribution in [0.3, 0.4) is 0 Å². The highest BCUT2D eigenvalue weighted by atomic mass is 35.5. The molecule has 6 heteroatoms. The molecule has 0 bridgehead atoms. The molecule has 0 aliphatic carbocycles. The topological polar surface area (TPSA) is 64.9 Å². The highest BCUT2D eigenvalue weighted by Crippen LogP contribution is 2.27. The van der Waals surface area contributed by atoms with Crippen molar-refractivity contribution in [3.63, 3.8) is 0 Å².